The zero-order chi connectivity index (χ0) is 141. The van der Waals surface area contributed by atoms with Gasteiger partial charge in [-0.25, -0.2) is 99.2 Å². The van der Waals surface area contributed by atoms with E-state index in [1.807, 2.05) is 13.8 Å². The van der Waals surface area contributed by atoms with Crippen LogP contribution in [0.2, 0.25) is 0 Å². The summed E-state index contributed by atoms with van der Waals surface area (Å²) in [5.74, 6) is -14.0. The molecule has 42 nitrogen and oxygen atoms in total. The zero-order valence-corrected chi connectivity index (χ0v) is 81.0. The first-order valence-corrected chi connectivity index (χ1v) is 44.8. The number of likely N-dealkylation sites (tertiary alicyclic amines) is 6. The maximum atomic E-state index is 12.6. The maximum Gasteiger partial charge on any atom is 0.302 e. The summed E-state index contributed by atoms with van der Waals surface area (Å²) in [6.45, 7) is 26.6. The molecule has 0 unspecified atom stereocenters. The third-order valence-electron chi connectivity index (χ3n) is 24.8. The summed E-state index contributed by atoms with van der Waals surface area (Å²) in [5.41, 5.74) is 4.14. The van der Waals surface area contributed by atoms with Gasteiger partial charge in [-0.2, -0.15) is 0 Å². The summed E-state index contributed by atoms with van der Waals surface area (Å²) in [7, 11) is 7.25. The Labute approximate surface area is 900 Å². The number of nitrogens with one attached hydrogen (secondary N) is 6. The Hall–Kier alpha value is -15.7. The van der Waals surface area contributed by atoms with Gasteiger partial charge in [0.25, 0.3) is 39.0 Å². The number of aromatic nitrogens is 18. The molecule has 6 aliphatic heterocycles. The van der Waals surface area contributed by atoms with Gasteiger partial charge in [-0.15, -0.1) is 0 Å². The van der Waals surface area contributed by atoms with Crippen molar-refractivity contribution in [1.29, 1.82) is 0 Å². The molecule has 12 aromatic rings. The van der Waals surface area contributed by atoms with Crippen molar-refractivity contribution in [3.8, 4) is 0 Å². The predicted octanol–water partition coefficient (Wildman–Crippen LogP) is 11.2. The number of rotatable bonds is 18. The van der Waals surface area contributed by atoms with Crippen molar-refractivity contribution in [1.82, 2.24) is 119 Å². The van der Waals surface area contributed by atoms with Crippen LogP contribution < -0.4 is 29.4 Å². The molecule has 0 aliphatic carbocycles. The minimum Gasteiger partial charge on any atom is -0.354 e. The highest BCUT2D eigenvalue weighted by atomic mass is 16.2. The highest BCUT2D eigenvalue weighted by molar-refractivity contribution is 5.94. The van der Waals surface area contributed by atoms with E-state index in [-0.39, 0.29) is 236 Å². The minimum absolute atomic E-state index is 0.0129. The average Bonchev–Trinajstić information content (AvgIpc) is 0.844. The molecule has 18 heterocycles. The number of fused-ring (bicyclic) bond motifs is 6. The maximum absolute atomic E-state index is 12.6. The van der Waals surface area contributed by atoms with Crippen LogP contribution >= 0.6 is 0 Å². The monoisotopic (exact) mass is 2000 g/mol. The van der Waals surface area contributed by atoms with Crippen molar-refractivity contribution in [3.63, 3.8) is 0 Å². The Bertz CT molecular complexity index is 9170. The third-order valence-corrected chi connectivity index (χ3v) is 24.8. The molecule has 0 spiro atoms. The summed E-state index contributed by atoms with van der Waals surface area (Å²) in [5, 5.41) is 1.42. The van der Waals surface area contributed by atoms with Crippen LogP contribution in [0.1, 0.15) is 173 Å². The SMILES string of the molecule is [2H]c1nc(N(C)[C@@]2([2H])CN(C(=O)C([2H])([2H])[N+]#[C-])CC[C@@]2([2H])C([2H])([2H])[2H])c2c([2H])c(C)[nH]c2n1.[2H]c1nc(N(C)[C@@]2([2H])CN(C(=O)C([2H])([2H])[N+]#[C-])CC[C@@]2([2H])C)c2c([2H])c(C)[nH]c2n1.[2H]c1nc(N(C)[C@@]2([2H])CN(C(=O)C([2H])([2H])[N+]#[C-])CC[C@H]2C([2H])([2H])[2H])c2c([2H])c(C)[nH]c2n1.[2H]c1nc(N(C)[C@@]2([2H])CN(C(=O)C([2H])([2H])[N+]#[C-])CC[C@H]2C)c2c([2H])c(C)[nH]c2n1.[2H]c1nc(N(C)[C@H]2CN(C(=O)C([2H])([2H])[N+]#[C-])CC[C@@]2([2H])C([2H])([2H])[2H])c2c([2H])c(C)[nH]c2n1.[2H]c1nc(N([C@H]2CN(C(=O)C([2H])([2H])[N+]#[C-])CC[C@H]2C)C([2H])([2H])[2H])c2c([2H])c(C)[nH]c2n1. The molecule has 18 rings (SSSR count). The van der Waals surface area contributed by atoms with Crippen LogP contribution in [-0.4, -0.2) is 350 Å². The number of anilines is 6. The first kappa shape index (κ1) is 61.9. The van der Waals surface area contributed by atoms with Crippen LogP contribution in [0.5, 0.6) is 0 Å². The number of carbonyl (C=O) groups excluding carboxylic acids is 6. The predicted molar refractivity (Wildman–Crippen MR) is 556 cm³/mol. The van der Waals surface area contributed by atoms with E-state index in [1.54, 1.807) is 55.5 Å². The van der Waals surface area contributed by atoms with Gasteiger partial charge in [0, 0.05) is 175 Å². The number of aryl methyl sites for hydroxylation is 6. The molecular formula is C102H132N36O6. The topological polar surface area (TPSA) is 417 Å². The molecule has 6 N–H and O–H groups in total. The molecule has 12 atom stereocenters. The number of hydrogen-bond acceptors (Lipinski definition) is 24. The molecule has 756 valence electrons. The zero-order valence-electron chi connectivity index (χ0n) is 124. The summed E-state index contributed by atoms with van der Waals surface area (Å²) in [4.78, 5) is 171. The number of carbonyl (C=O) groups is 6. The van der Waals surface area contributed by atoms with Gasteiger partial charge >= 0.3 is 35.4 Å². The smallest absolute Gasteiger partial charge is 0.302 e. The van der Waals surface area contributed by atoms with Gasteiger partial charge in [-0.05, 0) is 152 Å². The van der Waals surface area contributed by atoms with E-state index in [1.165, 1.54) is 52.7 Å². The minimum atomic E-state index is -2.98. The summed E-state index contributed by atoms with van der Waals surface area (Å²) >= 11 is 0. The Morgan fingerprint density at radius 2 is 0.556 bits per heavy atom. The Morgan fingerprint density at radius 1 is 0.319 bits per heavy atom. The number of likely N-dealkylation sites (N-methyl/N-ethyl adjacent to an activating group) is 6. The lowest BCUT2D eigenvalue weighted by atomic mass is 9.92. The molecule has 6 saturated heterocycles. The summed E-state index contributed by atoms with van der Waals surface area (Å²) in [6, 6.07) is -9.25. The van der Waals surface area contributed by atoms with Crippen LogP contribution in [0, 0.1) is 116 Å². The Morgan fingerprint density at radius 3 is 0.854 bits per heavy atom. The number of H-pyrrole nitrogens is 6. The molecule has 0 bridgehead atoms. The van der Waals surface area contributed by atoms with Gasteiger partial charge in [0.15, 0.2) is 0 Å². The summed E-state index contributed by atoms with van der Waals surface area (Å²) < 4.78 is 348. The number of piperidine rings is 6. The quantitative estimate of drug-likeness (QED) is 0.0435. The Kier molecular flexibility index (Phi) is 20.5. The van der Waals surface area contributed by atoms with Gasteiger partial charge in [0.05, 0.1) is 82.2 Å². The highest BCUT2D eigenvalue weighted by Crippen LogP contribution is 2.38. The number of nitrogens with zero attached hydrogens (tertiary/aromatic N) is 30. The lowest BCUT2D eigenvalue weighted by molar-refractivity contribution is -0.131. The fourth-order valence-electron chi connectivity index (χ4n) is 17.1. The second kappa shape index (κ2) is 47.7. The van der Waals surface area contributed by atoms with E-state index in [0.29, 0.717) is 63.4 Å². The van der Waals surface area contributed by atoms with Crippen LogP contribution in [-0.2, 0) is 28.8 Å². The summed E-state index contributed by atoms with van der Waals surface area (Å²) in [6.07, 6.45) is -2.27. The second-order valence-electron chi connectivity index (χ2n) is 34.2. The molecule has 0 saturated carbocycles. The van der Waals surface area contributed by atoms with E-state index in [2.05, 4.69) is 119 Å². The standard InChI is InChI=1S/6C17H22N6O/c6*1-11-5-6-23(15(24)8-18-3)9-14(11)22(4)17-13-7-12(2)21-16(13)19-10-20-17/h6*7,10-11,14H,5-6,8-9H2,1-2,4H3,(H,19,20,21)/t6*11-,14+/m111111/s1/i1D3,7D,8D2,10D,11D,14D;7D,8D2,10D,11D,14D;1D3,7D,8D2,10D,14D;1D3,7D,8D2,10D,11D;7D,8D2,10D,14D;4D3,7D,8D2,10D. The third kappa shape index (κ3) is 24.5. The van der Waals surface area contributed by atoms with Crippen LogP contribution in [0.25, 0.3) is 95.3 Å². The van der Waals surface area contributed by atoms with Crippen molar-refractivity contribution >= 4 is 137 Å². The number of aromatic amines is 6. The number of amides is 6. The van der Waals surface area contributed by atoms with Crippen molar-refractivity contribution in [2.45, 2.75) is 158 Å². The molecule has 6 aliphatic rings. The lowest BCUT2D eigenvalue weighted by Gasteiger charge is -2.41. The van der Waals surface area contributed by atoms with Crippen LogP contribution in [0.4, 0.5) is 34.9 Å². The lowest BCUT2D eigenvalue weighted by Crippen LogP contribution is -2.53. The van der Waals surface area contributed by atoms with Crippen LogP contribution in [0.15, 0.2) is 74.1 Å². The van der Waals surface area contributed by atoms with Crippen LogP contribution in [0.3, 0.4) is 0 Å². The van der Waals surface area contributed by atoms with Gasteiger partial charge in [-0.1, -0.05) is 41.3 Å². The van der Waals surface area contributed by atoms with Crippen molar-refractivity contribution in [2.24, 2.45) is 35.4 Å². The number of hydrogen-bond donors (Lipinski definition) is 6. The molecule has 42 heteroatoms. The largest absolute Gasteiger partial charge is 0.354 e. The molecular weight excluding hydrogens is 1830 g/mol. The van der Waals surface area contributed by atoms with E-state index in [4.69, 9.17) is 97.0 Å². The fraction of sp³-hybridized carbons (Fsp3) is 0.529. The first-order chi connectivity index (χ1) is 85.7. The van der Waals surface area contributed by atoms with Crippen molar-refractivity contribution < 1.29 is 87.7 Å². The molecule has 0 aromatic carbocycles. The van der Waals surface area contributed by atoms with E-state index < -0.39 is 200 Å². The molecule has 144 heavy (non-hydrogen) atoms. The fourth-order valence-corrected chi connectivity index (χ4v) is 17.1. The van der Waals surface area contributed by atoms with Gasteiger partial charge in [-0.3, -0.25) is 28.8 Å². The first-order valence-electron chi connectivity index (χ1n) is 66.3. The molecule has 6 fully saturated rings. The van der Waals surface area contributed by atoms with Gasteiger partial charge in [0.1, 0.15) is 131 Å². The molecule has 0 radical (unpaired) electrons. The molecule has 12 aromatic heterocycles. The Balaban J connectivity index is 0.000000182. The van der Waals surface area contributed by atoms with E-state index in [9.17, 15) is 30.1 Å². The second-order valence-corrected chi connectivity index (χ2v) is 34.2. The van der Waals surface area contributed by atoms with Gasteiger partial charge in [0.2, 0.25) is 0 Å². The van der Waals surface area contributed by atoms with E-state index >= 15 is 0 Å². The van der Waals surface area contributed by atoms with E-state index in [0.717, 1.165) is 34.3 Å². The van der Waals surface area contributed by atoms with Crippen molar-refractivity contribution in [2.75, 3.05) is 189 Å². The van der Waals surface area contributed by atoms with Crippen molar-refractivity contribution in [3.05, 3.63) is 177 Å². The normalized spacial score (nSPS) is 29.7. The van der Waals surface area contributed by atoms with Gasteiger partial charge < -0.3 is 118 Å². The highest BCUT2D eigenvalue weighted by Gasteiger charge is 2.41. The average molecular weight is 2000 g/mol. The molecule has 6 amide bonds.